The largest absolute Gasteiger partial charge is 0.327 e. The van der Waals surface area contributed by atoms with E-state index < -0.39 is 11.6 Å². The van der Waals surface area contributed by atoms with E-state index in [1.54, 1.807) is 0 Å². The maximum atomic E-state index is 13.5. The summed E-state index contributed by atoms with van der Waals surface area (Å²) in [5, 5.41) is 0. The molecule has 18 heavy (non-hydrogen) atoms. The Morgan fingerprint density at radius 3 is 2.50 bits per heavy atom. The van der Waals surface area contributed by atoms with Gasteiger partial charge in [0.15, 0.2) is 0 Å². The smallest absolute Gasteiger partial charge is 0.129 e. The van der Waals surface area contributed by atoms with E-state index in [0.717, 1.165) is 18.8 Å². The molecule has 0 amide bonds. The van der Waals surface area contributed by atoms with E-state index in [1.165, 1.54) is 31.0 Å². The van der Waals surface area contributed by atoms with Gasteiger partial charge in [-0.25, -0.2) is 8.78 Å². The first kappa shape index (κ1) is 13.5. The lowest BCUT2D eigenvalue weighted by Gasteiger charge is -2.20. The van der Waals surface area contributed by atoms with Gasteiger partial charge in [-0.3, -0.25) is 0 Å². The van der Waals surface area contributed by atoms with Crippen LogP contribution in [0.2, 0.25) is 0 Å². The highest BCUT2D eigenvalue weighted by molar-refractivity contribution is 5.21. The molecule has 0 saturated heterocycles. The maximum Gasteiger partial charge on any atom is 0.129 e. The van der Waals surface area contributed by atoms with E-state index in [-0.39, 0.29) is 11.6 Å². The SMILES string of the molecule is CCC1CCC(C(N)Cc2c(F)cccc2F)C1. The van der Waals surface area contributed by atoms with E-state index in [1.807, 2.05) is 0 Å². The van der Waals surface area contributed by atoms with Crippen molar-refractivity contribution >= 4 is 0 Å². The van der Waals surface area contributed by atoms with E-state index in [9.17, 15) is 8.78 Å². The predicted molar refractivity (Wildman–Crippen MR) is 69.2 cm³/mol. The van der Waals surface area contributed by atoms with Crippen molar-refractivity contribution in [3.63, 3.8) is 0 Å². The standard InChI is InChI=1S/C15H21F2N/c1-2-10-6-7-11(8-10)15(18)9-12-13(16)4-3-5-14(12)17/h3-5,10-11,15H,2,6-9,18H2,1H3. The summed E-state index contributed by atoms with van der Waals surface area (Å²) in [5.41, 5.74) is 6.28. The highest BCUT2D eigenvalue weighted by Crippen LogP contribution is 2.35. The van der Waals surface area contributed by atoms with Crippen LogP contribution < -0.4 is 5.73 Å². The third-order valence-electron chi connectivity index (χ3n) is 4.27. The number of rotatable bonds is 4. The van der Waals surface area contributed by atoms with Gasteiger partial charge in [-0.2, -0.15) is 0 Å². The summed E-state index contributed by atoms with van der Waals surface area (Å²) in [6.07, 6.45) is 4.88. The number of hydrogen-bond acceptors (Lipinski definition) is 1. The minimum atomic E-state index is -0.476. The first-order valence-corrected chi connectivity index (χ1v) is 6.80. The minimum Gasteiger partial charge on any atom is -0.327 e. The van der Waals surface area contributed by atoms with Gasteiger partial charge in [-0.1, -0.05) is 25.8 Å². The Kier molecular flexibility index (Phi) is 4.33. The molecule has 1 aromatic rings. The summed E-state index contributed by atoms with van der Waals surface area (Å²) < 4.78 is 27.1. The second kappa shape index (κ2) is 5.79. The van der Waals surface area contributed by atoms with Gasteiger partial charge in [0.2, 0.25) is 0 Å². The number of halogens is 2. The lowest BCUT2D eigenvalue weighted by molar-refractivity contribution is 0.396. The summed E-state index contributed by atoms with van der Waals surface area (Å²) in [7, 11) is 0. The summed E-state index contributed by atoms with van der Waals surface area (Å²) >= 11 is 0. The highest BCUT2D eigenvalue weighted by atomic mass is 19.1. The Balaban J connectivity index is 2.01. The van der Waals surface area contributed by atoms with Gasteiger partial charge >= 0.3 is 0 Å². The van der Waals surface area contributed by atoms with E-state index in [4.69, 9.17) is 5.73 Å². The van der Waals surface area contributed by atoms with Gasteiger partial charge in [-0.15, -0.1) is 0 Å². The predicted octanol–water partition coefficient (Wildman–Crippen LogP) is 3.66. The summed E-state index contributed by atoms with van der Waals surface area (Å²) in [6, 6.07) is 3.86. The lowest BCUT2D eigenvalue weighted by Crippen LogP contribution is -2.31. The Morgan fingerprint density at radius 2 is 1.94 bits per heavy atom. The van der Waals surface area contributed by atoms with E-state index in [0.29, 0.717) is 12.3 Å². The first-order chi connectivity index (χ1) is 8.61. The number of nitrogens with two attached hydrogens (primary N) is 1. The molecular weight excluding hydrogens is 232 g/mol. The second-order valence-electron chi connectivity index (χ2n) is 5.42. The van der Waals surface area contributed by atoms with Crippen molar-refractivity contribution in [2.45, 2.75) is 45.1 Å². The molecule has 0 radical (unpaired) electrons. The lowest BCUT2D eigenvalue weighted by atomic mass is 9.91. The Bertz CT molecular complexity index is 385. The number of hydrogen-bond donors (Lipinski definition) is 1. The molecule has 100 valence electrons. The van der Waals surface area contributed by atoms with Crippen molar-refractivity contribution in [2.24, 2.45) is 17.6 Å². The Hall–Kier alpha value is -0.960. The fourth-order valence-corrected chi connectivity index (χ4v) is 3.00. The van der Waals surface area contributed by atoms with Crippen LogP contribution in [0.1, 0.15) is 38.2 Å². The molecule has 1 saturated carbocycles. The van der Waals surface area contributed by atoms with Crippen molar-refractivity contribution in [3.05, 3.63) is 35.4 Å². The van der Waals surface area contributed by atoms with Crippen LogP contribution in [0.4, 0.5) is 8.78 Å². The molecule has 3 atom stereocenters. The van der Waals surface area contributed by atoms with Gasteiger partial charge in [0.25, 0.3) is 0 Å². The molecule has 3 unspecified atom stereocenters. The van der Waals surface area contributed by atoms with Gasteiger partial charge < -0.3 is 5.73 Å². The molecule has 1 fully saturated rings. The molecule has 0 bridgehead atoms. The number of benzene rings is 1. The molecule has 0 aromatic heterocycles. The van der Waals surface area contributed by atoms with Crippen molar-refractivity contribution < 1.29 is 8.78 Å². The van der Waals surface area contributed by atoms with Gasteiger partial charge in [-0.05, 0) is 43.2 Å². The van der Waals surface area contributed by atoms with Crippen LogP contribution in [-0.2, 0) is 6.42 Å². The molecule has 0 spiro atoms. The average molecular weight is 253 g/mol. The molecule has 1 aromatic carbocycles. The van der Waals surface area contributed by atoms with Crippen molar-refractivity contribution in [2.75, 3.05) is 0 Å². The van der Waals surface area contributed by atoms with Crippen LogP contribution in [0, 0.1) is 23.5 Å². The van der Waals surface area contributed by atoms with Gasteiger partial charge in [0.05, 0.1) is 0 Å². The summed E-state index contributed by atoms with van der Waals surface area (Å²) in [5.74, 6) is 0.200. The normalized spacial score (nSPS) is 25.3. The van der Waals surface area contributed by atoms with Crippen LogP contribution >= 0.6 is 0 Å². The third-order valence-corrected chi connectivity index (χ3v) is 4.27. The van der Waals surface area contributed by atoms with Crippen molar-refractivity contribution in [1.82, 2.24) is 0 Å². The van der Waals surface area contributed by atoms with Crippen LogP contribution in [0.15, 0.2) is 18.2 Å². The van der Waals surface area contributed by atoms with Crippen LogP contribution in [0.5, 0.6) is 0 Å². The fraction of sp³-hybridized carbons (Fsp3) is 0.600. The maximum absolute atomic E-state index is 13.5. The molecular formula is C15H21F2N. The van der Waals surface area contributed by atoms with Gasteiger partial charge in [0, 0.05) is 11.6 Å². The monoisotopic (exact) mass is 253 g/mol. The first-order valence-electron chi connectivity index (χ1n) is 6.80. The zero-order chi connectivity index (χ0) is 13.1. The molecule has 1 aliphatic rings. The van der Waals surface area contributed by atoms with Gasteiger partial charge in [0.1, 0.15) is 11.6 Å². The van der Waals surface area contributed by atoms with Crippen molar-refractivity contribution in [1.29, 1.82) is 0 Å². The average Bonchev–Trinajstić information content (AvgIpc) is 2.82. The zero-order valence-corrected chi connectivity index (χ0v) is 10.8. The van der Waals surface area contributed by atoms with E-state index >= 15 is 0 Å². The minimum absolute atomic E-state index is 0.132. The van der Waals surface area contributed by atoms with Crippen LogP contribution in [0.25, 0.3) is 0 Å². The topological polar surface area (TPSA) is 26.0 Å². The second-order valence-corrected chi connectivity index (χ2v) is 5.42. The third kappa shape index (κ3) is 2.89. The zero-order valence-electron chi connectivity index (χ0n) is 10.8. The summed E-state index contributed by atoms with van der Waals surface area (Å²) in [6.45, 7) is 2.19. The summed E-state index contributed by atoms with van der Waals surface area (Å²) in [4.78, 5) is 0. The Morgan fingerprint density at radius 1 is 1.28 bits per heavy atom. The highest BCUT2D eigenvalue weighted by Gasteiger charge is 2.29. The molecule has 3 heteroatoms. The molecule has 0 heterocycles. The van der Waals surface area contributed by atoms with Crippen molar-refractivity contribution in [3.8, 4) is 0 Å². The van der Waals surface area contributed by atoms with Crippen LogP contribution in [-0.4, -0.2) is 6.04 Å². The fourth-order valence-electron chi connectivity index (χ4n) is 3.00. The quantitative estimate of drug-likeness (QED) is 0.870. The van der Waals surface area contributed by atoms with E-state index in [2.05, 4.69) is 6.92 Å². The molecule has 2 N–H and O–H groups in total. The Labute approximate surface area is 107 Å². The van der Waals surface area contributed by atoms with Crippen LogP contribution in [0.3, 0.4) is 0 Å². The molecule has 0 aliphatic heterocycles. The molecule has 1 aliphatic carbocycles. The molecule has 1 nitrogen and oxygen atoms in total. The molecule has 2 rings (SSSR count).